The first kappa shape index (κ1) is 35.1. The quantitative estimate of drug-likeness (QED) is 0.167. The van der Waals surface area contributed by atoms with E-state index in [2.05, 4.69) is 193 Å². The molecule has 0 radical (unpaired) electrons. The van der Waals surface area contributed by atoms with Gasteiger partial charge in [0, 0.05) is 33.0 Å². The molecule has 0 N–H and O–H groups in total. The van der Waals surface area contributed by atoms with E-state index in [-0.39, 0.29) is 5.41 Å². The Bertz CT molecular complexity index is 3150. The Balaban J connectivity index is 1.07. The van der Waals surface area contributed by atoms with Crippen molar-refractivity contribution < 1.29 is 4.42 Å². The van der Waals surface area contributed by atoms with Crippen LogP contribution < -0.4 is 4.90 Å². The summed E-state index contributed by atoms with van der Waals surface area (Å²) in [5.41, 5.74) is 18.7. The molecule has 5 unspecified atom stereocenters. The zero-order valence-electron chi connectivity index (χ0n) is 34.3. The first-order valence-electron chi connectivity index (χ1n) is 22.5. The molecule has 0 aliphatic heterocycles. The molecule has 3 fully saturated rings. The number of benzene rings is 8. The average Bonchev–Trinajstić information content (AvgIpc) is 3.84. The largest absolute Gasteiger partial charge is 0.456 e. The van der Waals surface area contributed by atoms with Crippen LogP contribution in [0.5, 0.6) is 0 Å². The van der Waals surface area contributed by atoms with Gasteiger partial charge >= 0.3 is 0 Å². The number of anilines is 3. The van der Waals surface area contributed by atoms with Gasteiger partial charge in [0.25, 0.3) is 0 Å². The number of hydrogen-bond donors (Lipinski definition) is 0. The van der Waals surface area contributed by atoms with Crippen molar-refractivity contribution in [2.24, 2.45) is 23.7 Å². The van der Waals surface area contributed by atoms with Gasteiger partial charge in [-0.1, -0.05) is 158 Å². The molecule has 8 aromatic carbocycles. The van der Waals surface area contributed by atoms with Gasteiger partial charge in [0.05, 0.1) is 11.4 Å². The molecule has 5 atom stereocenters. The summed E-state index contributed by atoms with van der Waals surface area (Å²) in [4.78, 5) is 2.59. The maximum Gasteiger partial charge on any atom is 0.135 e. The van der Waals surface area contributed by atoms with Gasteiger partial charge in [-0.3, -0.25) is 0 Å². The normalized spacial score (nSPS) is 22.1. The molecule has 2 heteroatoms. The summed E-state index contributed by atoms with van der Waals surface area (Å²) in [7, 11) is 0. The predicted molar refractivity (Wildman–Crippen MR) is 253 cm³/mol. The molecule has 2 nitrogen and oxygen atoms in total. The Labute approximate surface area is 358 Å². The van der Waals surface area contributed by atoms with Gasteiger partial charge in [0.2, 0.25) is 0 Å². The van der Waals surface area contributed by atoms with E-state index in [9.17, 15) is 0 Å². The van der Waals surface area contributed by atoms with Crippen molar-refractivity contribution >= 4 is 39.0 Å². The van der Waals surface area contributed by atoms with Crippen LogP contribution in [0.3, 0.4) is 0 Å². The van der Waals surface area contributed by atoms with Crippen LogP contribution in [0.1, 0.15) is 49.7 Å². The molecule has 4 aliphatic rings. The molecule has 1 spiro atoms. The Morgan fingerprint density at radius 3 is 1.93 bits per heavy atom. The first-order chi connectivity index (χ1) is 30.2. The summed E-state index contributed by atoms with van der Waals surface area (Å²) < 4.78 is 6.44. The van der Waals surface area contributed by atoms with Crippen LogP contribution in [0, 0.1) is 23.7 Å². The van der Waals surface area contributed by atoms with Crippen LogP contribution in [0.2, 0.25) is 0 Å². The molecule has 13 rings (SSSR count). The SMILES string of the molecule is c1ccc(-c2ccccc2-c2ccccc2-c2ccccc2N(c2ccc3oc4ccccc4c3c2)c2cccc3c2-c2ccccc2C32CC3CCC4CC3CC2C4)cc1. The van der Waals surface area contributed by atoms with E-state index >= 15 is 0 Å². The molecule has 1 aromatic heterocycles. The highest BCUT2D eigenvalue weighted by Crippen LogP contribution is 2.67. The lowest BCUT2D eigenvalue weighted by Crippen LogP contribution is -2.50. The lowest BCUT2D eigenvalue weighted by molar-refractivity contribution is -0.0103. The maximum absolute atomic E-state index is 6.44. The van der Waals surface area contributed by atoms with E-state index in [1.54, 1.807) is 11.1 Å². The highest BCUT2D eigenvalue weighted by atomic mass is 16.3. The zero-order chi connectivity index (χ0) is 40.1. The summed E-state index contributed by atoms with van der Waals surface area (Å²) in [6.45, 7) is 0. The van der Waals surface area contributed by atoms with E-state index in [1.165, 1.54) is 88.7 Å². The van der Waals surface area contributed by atoms with E-state index in [0.717, 1.165) is 51.1 Å². The molecule has 9 aromatic rings. The van der Waals surface area contributed by atoms with Gasteiger partial charge in [-0.05, 0) is 137 Å². The monoisotopic (exact) mass is 785 g/mol. The smallest absolute Gasteiger partial charge is 0.135 e. The third-order valence-electron chi connectivity index (χ3n) is 15.5. The van der Waals surface area contributed by atoms with Crippen molar-refractivity contribution in [2.75, 3.05) is 4.90 Å². The Kier molecular flexibility index (Phi) is 7.89. The number of para-hydroxylation sites is 2. The van der Waals surface area contributed by atoms with Gasteiger partial charge in [-0.2, -0.15) is 0 Å². The van der Waals surface area contributed by atoms with Crippen molar-refractivity contribution in [2.45, 2.75) is 43.9 Å². The average molecular weight is 786 g/mol. The number of nitrogens with zero attached hydrogens (tertiary/aromatic N) is 1. The van der Waals surface area contributed by atoms with Gasteiger partial charge < -0.3 is 9.32 Å². The fraction of sp³-hybridized carbons (Fsp3) is 0.186. The van der Waals surface area contributed by atoms with Crippen LogP contribution >= 0.6 is 0 Å². The minimum absolute atomic E-state index is 0.0475. The summed E-state index contributed by atoms with van der Waals surface area (Å²) in [5.74, 6) is 3.26. The second kappa shape index (κ2) is 13.7. The van der Waals surface area contributed by atoms with E-state index < -0.39 is 0 Å². The number of fused-ring (bicyclic) bond motifs is 11. The fourth-order valence-electron chi connectivity index (χ4n) is 13.0. The van der Waals surface area contributed by atoms with Crippen LogP contribution in [-0.2, 0) is 5.41 Å². The Hall–Kier alpha value is -6.64. The minimum Gasteiger partial charge on any atom is -0.456 e. The van der Waals surface area contributed by atoms with Crippen molar-refractivity contribution in [3.05, 3.63) is 199 Å². The molecule has 3 saturated carbocycles. The third-order valence-corrected chi connectivity index (χ3v) is 15.5. The van der Waals surface area contributed by atoms with Gasteiger partial charge in [-0.15, -0.1) is 0 Å². The minimum atomic E-state index is 0.0475. The molecule has 1 heterocycles. The van der Waals surface area contributed by atoms with Gasteiger partial charge in [0.15, 0.2) is 0 Å². The Morgan fingerprint density at radius 2 is 1.08 bits per heavy atom. The van der Waals surface area contributed by atoms with E-state index in [1.807, 2.05) is 0 Å². The molecule has 0 amide bonds. The lowest BCUT2D eigenvalue weighted by atomic mass is 9.47. The van der Waals surface area contributed by atoms with Crippen molar-refractivity contribution in [3.63, 3.8) is 0 Å². The maximum atomic E-state index is 6.44. The molecule has 61 heavy (non-hydrogen) atoms. The standard InChI is InChI=1S/C59H47NO/c1-2-15-39(16-3-1)44-17-4-5-18-45(44)46-19-6-7-20-47(46)48-21-9-12-26-54(48)60(43-31-32-57-51(36-43)49-22-10-13-28-56(49)61-57)55-27-14-25-53-58(55)50-23-8-11-24-52(50)59(53)37-40-30-29-38-33-41(40)35-42(59)34-38/h1-28,31-32,36,38,40-42H,29-30,33-35,37H2. The summed E-state index contributed by atoms with van der Waals surface area (Å²) in [6.07, 6.45) is 8.29. The van der Waals surface area contributed by atoms with Crippen molar-refractivity contribution in [1.82, 2.24) is 0 Å². The predicted octanol–water partition coefficient (Wildman–Crippen LogP) is 16.2. The molecule has 3 bridgehead atoms. The first-order valence-corrected chi connectivity index (χ1v) is 22.5. The van der Waals surface area contributed by atoms with Crippen LogP contribution in [0.25, 0.3) is 66.4 Å². The summed E-state index contributed by atoms with van der Waals surface area (Å²) in [6, 6.07) is 69.9. The number of rotatable bonds is 6. The van der Waals surface area contributed by atoms with Crippen LogP contribution in [0.15, 0.2) is 192 Å². The fourth-order valence-corrected chi connectivity index (χ4v) is 13.0. The van der Waals surface area contributed by atoms with Crippen molar-refractivity contribution in [3.8, 4) is 44.5 Å². The summed E-state index contributed by atoms with van der Waals surface area (Å²) in [5, 5.41) is 2.27. The third kappa shape index (κ3) is 5.27. The van der Waals surface area contributed by atoms with E-state index in [4.69, 9.17) is 4.42 Å². The van der Waals surface area contributed by atoms with Gasteiger partial charge in [-0.25, -0.2) is 0 Å². The van der Waals surface area contributed by atoms with Gasteiger partial charge in [0.1, 0.15) is 11.2 Å². The number of hydrogen-bond acceptors (Lipinski definition) is 2. The second-order valence-electron chi connectivity index (χ2n) is 18.4. The van der Waals surface area contributed by atoms with E-state index in [0.29, 0.717) is 5.92 Å². The topological polar surface area (TPSA) is 16.4 Å². The molecule has 294 valence electrons. The van der Waals surface area contributed by atoms with Crippen LogP contribution in [-0.4, -0.2) is 0 Å². The highest BCUT2D eigenvalue weighted by Gasteiger charge is 2.58. The molecular formula is C59H47NO. The Morgan fingerprint density at radius 1 is 0.443 bits per heavy atom. The lowest BCUT2D eigenvalue weighted by Gasteiger charge is -2.57. The zero-order valence-corrected chi connectivity index (χ0v) is 34.3. The van der Waals surface area contributed by atoms with Crippen molar-refractivity contribution in [1.29, 1.82) is 0 Å². The van der Waals surface area contributed by atoms with Crippen LogP contribution in [0.4, 0.5) is 17.1 Å². The summed E-state index contributed by atoms with van der Waals surface area (Å²) >= 11 is 0. The molecular weight excluding hydrogens is 739 g/mol. The second-order valence-corrected chi connectivity index (χ2v) is 18.4. The molecule has 0 saturated heterocycles. The number of furan rings is 1. The highest BCUT2D eigenvalue weighted by molar-refractivity contribution is 6.08. The molecule has 4 aliphatic carbocycles.